The number of rotatable bonds is 5. The molecule has 2 aromatic carbocycles. The van der Waals surface area contributed by atoms with Crippen molar-refractivity contribution < 1.29 is 9.90 Å². The van der Waals surface area contributed by atoms with Gasteiger partial charge < -0.3 is 21.5 Å². The molecule has 0 aliphatic heterocycles. The fourth-order valence-electron chi connectivity index (χ4n) is 2.76. The molecule has 0 unspecified atom stereocenters. The lowest BCUT2D eigenvalue weighted by Crippen LogP contribution is -2.05. The molecule has 0 fully saturated rings. The maximum atomic E-state index is 11.0. The molecule has 5 N–H and O–H groups in total. The second kappa shape index (κ2) is 7.20. The summed E-state index contributed by atoms with van der Waals surface area (Å²) in [5.74, 6) is -0.130. The van der Waals surface area contributed by atoms with Crippen LogP contribution in [0.3, 0.4) is 0 Å². The van der Waals surface area contributed by atoms with Gasteiger partial charge in [-0.15, -0.1) is 0 Å². The molecule has 8 heteroatoms. The van der Waals surface area contributed by atoms with E-state index in [1.807, 2.05) is 30.3 Å². The molecule has 0 radical (unpaired) electrons. The van der Waals surface area contributed by atoms with Gasteiger partial charge in [0.2, 0.25) is 0 Å². The van der Waals surface area contributed by atoms with Crippen LogP contribution in [0, 0.1) is 0 Å². The lowest BCUT2D eigenvalue weighted by atomic mass is 10.2. The number of hydrogen-bond donors (Lipinski definition) is 4. The highest BCUT2D eigenvalue weighted by Crippen LogP contribution is 2.30. The van der Waals surface area contributed by atoms with E-state index in [1.165, 1.54) is 18.5 Å². The summed E-state index contributed by atoms with van der Waals surface area (Å²) in [6.45, 7) is 0. The molecular weight excluding hydrogens is 356 g/mol. The van der Waals surface area contributed by atoms with E-state index < -0.39 is 5.97 Å². The molecule has 4 aromatic rings. The minimum Gasteiger partial charge on any atom is -0.478 e. The van der Waals surface area contributed by atoms with Crippen molar-refractivity contribution in [2.45, 2.75) is 0 Å². The Hall–Kier alpha value is -4.20. The largest absolute Gasteiger partial charge is 0.478 e. The van der Waals surface area contributed by atoms with Crippen LogP contribution in [-0.2, 0) is 0 Å². The van der Waals surface area contributed by atoms with Gasteiger partial charge in [0.25, 0.3) is 0 Å². The van der Waals surface area contributed by atoms with Crippen LogP contribution in [0.2, 0.25) is 0 Å². The summed E-state index contributed by atoms with van der Waals surface area (Å²) in [5.41, 5.74) is 9.01. The van der Waals surface area contributed by atoms with Crippen LogP contribution in [-0.4, -0.2) is 26.0 Å². The van der Waals surface area contributed by atoms with Gasteiger partial charge in [0.15, 0.2) is 11.6 Å². The first kappa shape index (κ1) is 17.2. The number of benzene rings is 2. The molecule has 0 amide bonds. The highest BCUT2D eigenvalue weighted by molar-refractivity contribution is 5.93. The number of para-hydroxylation sites is 1. The Balaban J connectivity index is 1.62. The number of carbonyl (C=O) groups is 1. The second-order valence-corrected chi connectivity index (χ2v) is 6.00. The number of anilines is 5. The predicted octanol–water partition coefficient (Wildman–Crippen LogP) is 3.79. The first-order valence-corrected chi connectivity index (χ1v) is 8.43. The number of pyridine rings is 1. The normalized spacial score (nSPS) is 10.6. The number of fused-ring (bicyclic) bond motifs is 1. The molecule has 2 aromatic heterocycles. The van der Waals surface area contributed by atoms with Crippen LogP contribution in [0.4, 0.5) is 28.7 Å². The van der Waals surface area contributed by atoms with Crippen molar-refractivity contribution in [1.29, 1.82) is 0 Å². The smallest absolute Gasteiger partial charge is 0.335 e. The average Bonchev–Trinajstić information content (AvgIpc) is 2.71. The zero-order chi connectivity index (χ0) is 19.5. The van der Waals surface area contributed by atoms with E-state index in [4.69, 9.17) is 10.8 Å². The van der Waals surface area contributed by atoms with Crippen molar-refractivity contribution in [3.05, 3.63) is 72.7 Å². The Morgan fingerprint density at radius 3 is 2.36 bits per heavy atom. The molecule has 0 aliphatic carbocycles. The molecule has 0 spiro atoms. The average molecular weight is 372 g/mol. The van der Waals surface area contributed by atoms with E-state index in [-0.39, 0.29) is 5.56 Å². The zero-order valence-corrected chi connectivity index (χ0v) is 14.6. The Kier molecular flexibility index (Phi) is 4.43. The summed E-state index contributed by atoms with van der Waals surface area (Å²) in [6, 6.07) is 15.9. The second-order valence-electron chi connectivity index (χ2n) is 6.00. The van der Waals surface area contributed by atoms with Crippen molar-refractivity contribution in [2.75, 3.05) is 16.4 Å². The molecular formula is C20H16N6O2. The molecule has 2 heterocycles. The molecule has 0 saturated heterocycles. The van der Waals surface area contributed by atoms with Crippen molar-refractivity contribution in [3.63, 3.8) is 0 Å². The molecule has 138 valence electrons. The van der Waals surface area contributed by atoms with Gasteiger partial charge >= 0.3 is 5.97 Å². The third kappa shape index (κ3) is 3.38. The summed E-state index contributed by atoms with van der Waals surface area (Å²) in [7, 11) is 0. The number of nitrogens with two attached hydrogens (primary N) is 1. The van der Waals surface area contributed by atoms with E-state index in [1.54, 1.807) is 18.3 Å². The molecule has 8 nitrogen and oxygen atoms in total. The SMILES string of the molecule is Nc1c(Nc2ccc(C(=O)O)cc2)ncnc1Nc1cccc2cccnc12. The molecule has 28 heavy (non-hydrogen) atoms. The van der Waals surface area contributed by atoms with Crippen LogP contribution < -0.4 is 16.4 Å². The predicted molar refractivity (Wildman–Crippen MR) is 108 cm³/mol. The van der Waals surface area contributed by atoms with Gasteiger partial charge in [-0.25, -0.2) is 14.8 Å². The summed E-state index contributed by atoms with van der Waals surface area (Å²) in [5, 5.41) is 16.3. The number of nitrogen functional groups attached to an aromatic ring is 1. The van der Waals surface area contributed by atoms with Gasteiger partial charge in [0.1, 0.15) is 12.0 Å². The maximum absolute atomic E-state index is 11.0. The van der Waals surface area contributed by atoms with Crippen molar-refractivity contribution in [1.82, 2.24) is 15.0 Å². The van der Waals surface area contributed by atoms with Crippen LogP contribution in [0.5, 0.6) is 0 Å². The number of nitrogens with zero attached hydrogens (tertiary/aromatic N) is 3. The Bertz CT molecular complexity index is 1160. The van der Waals surface area contributed by atoms with Crippen molar-refractivity contribution in [3.8, 4) is 0 Å². The van der Waals surface area contributed by atoms with Crippen LogP contribution in [0.25, 0.3) is 10.9 Å². The number of hydrogen-bond acceptors (Lipinski definition) is 7. The van der Waals surface area contributed by atoms with E-state index in [2.05, 4.69) is 25.6 Å². The van der Waals surface area contributed by atoms with Gasteiger partial charge in [0, 0.05) is 17.3 Å². The number of aromatic carboxylic acids is 1. The number of aromatic nitrogens is 3. The summed E-state index contributed by atoms with van der Waals surface area (Å²) in [4.78, 5) is 23.8. The maximum Gasteiger partial charge on any atom is 0.335 e. The first-order valence-electron chi connectivity index (χ1n) is 8.43. The third-order valence-electron chi connectivity index (χ3n) is 4.16. The fraction of sp³-hybridized carbons (Fsp3) is 0. The van der Waals surface area contributed by atoms with E-state index in [0.717, 1.165) is 16.6 Å². The standard InChI is InChI=1S/C20H16N6O2/c21-16-18(25-14-8-6-13(7-9-14)20(27)28)23-11-24-19(16)26-15-5-1-3-12-4-2-10-22-17(12)15/h1-11H,21H2,(H,27,28)(H2,23,24,25,26). The van der Waals surface area contributed by atoms with Crippen molar-refractivity contribution in [2.24, 2.45) is 0 Å². The number of nitrogens with one attached hydrogen (secondary N) is 2. The quantitative estimate of drug-likeness (QED) is 0.417. The van der Waals surface area contributed by atoms with Gasteiger partial charge in [-0.2, -0.15) is 0 Å². The van der Waals surface area contributed by atoms with E-state index >= 15 is 0 Å². The Labute approximate surface area is 160 Å². The molecule has 0 bridgehead atoms. The van der Waals surface area contributed by atoms with Crippen LogP contribution in [0.1, 0.15) is 10.4 Å². The van der Waals surface area contributed by atoms with Crippen LogP contribution >= 0.6 is 0 Å². The molecule has 0 aliphatic rings. The van der Waals surface area contributed by atoms with E-state index in [9.17, 15) is 4.79 Å². The summed E-state index contributed by atoms with van der Waals surface area (Å²) < 4.78 is 0. The van der Waals surface area contributed by atoms with Crippen LogP contribution in [0.15, 0.2) is 67.1 Å². The van der Waals surface area contributed by atoms with Gasteiger partial charge in [0.05, 0.1) is 16.8 Å². The molecule has 0 atom stereocenters. The monoisotopic (exact) mass is 372 g/mol. The Morgan fingerprint density at radius 2 is 1.61 bits per heavy atom. The van der Waals surface area contributed by atoms with Gasteiger partial charge in [-0.3, -0.25) is 4.98 Å². The lowest BCUT2D eigenvalue weighted by Gasteiger charge is -2.13. The fourth-order valence-corrected chi connectivity index (χ4v) is 2.76. The minimum atomic E-state index is -0.983. The summed E-state index contributed by atoms with van der Waals surface area (Å²) >= 11 is 0. The van der Waals surface area contributed by atoms with Gasteiger partial charge in [-0.05, 0) is 36.4 Å². The van der Waals surface area contributed by atoms with Crippen molar-refractivity contribution >= 4 is 45.6 Å². The Morgan fingerprint density at radius 1 is 0.893 bits per heavy atom. The number of carboxylic acids is 1. The lowest BCUT2D eigenvalue weighted by molar-refractivity contribution is 0.0697. The number of carboxylic acid groups (broad SMARTS) is 1. The highest BCUT2D eigenvalue weighted by Gasteiger charge is 2.11. The molecule has 0 saturated carbocycles. The first-order chi connectivity index (χ1) is 13.6. The van der Waals surface area contributed by atoms with Gasteiger partial charge in [-0.1, -0.05) is 18.2 Å². The third-order valence-corrected chi connectivity index (χ3v) is 4.16. The zero-order valence-electron chi connectivity index (χ0n) is 14.6. The van der Waals surface area contributed by atoms with E-state index in [0.29, 0.717) is 23.0 Å². The summed E-state index contributed by atoms with van der Waals surface area (Å²) in [6.07, 6.45) is 3.12. The molecule has 4 rings (SSSR count). The highest BCUT2D eigenvalue weighted by atomic mass is 16.4. The topological polar surface area (TPSA) is 126 Å². The minimum absolute atomic E-state index is 0.201.